The number of nitrogens with zero attached hydrogens (tertiary/aromatic N) is 3. The summed E-state index contributed by atoms with van der Waals surface area (Å²) in [6.07, 6.45) is 0.0427. The molecule has 0 bridgehead atoms. The highest BCUT2D eigenvalue weighted by atomic mass is 35.5. The Morgan fingerprint density at radius 1 is 1.07 bits per heavy atom. The van der Waals surface area contributed by atoms with Gasteiger partial charge in [-0.3, -0.25) is 9.69 Å². The number of hydrogen-bond acceptors (Lipinski definition) is 8. The average Bonchev–Trinajstić information content (AvgIpc) is 3.46. The Morgan fingerprint density at radius 3 is 2.60 bits per heavy atom. The van der Waals surface area contributed by atoms with Crippen molar-refractivity contribution >= 4 is 45.5 Å². The summed E-state index contributed by atoms with van der Waals surface area (Å²) in [7, 11) is 0. The molecule has 0 spiro atoms. The Kier molecular flexibility index (Phi) is 8.46. The Hall–Kier alpha value is -4.51. The van der Waals surface area contributed by atoms with Gasteiger partial charge in [-0.1, -0.05) is 54.6 Å². The summed E-state index contributed by atoms with van der Waals surface area (Å²) in [5.41, 5.74) is 2.64. The van der Waals surface area contributed by atoms with Crippen LogP contribution in [0.4, 0.5) is 4.79 Å². The third kappa shape index (κ3) is 6.35. The average molecular weight is 628 g/mol. The number of rotatable bonds is 6. The maximum atomic E-state index is 13.3. The van der Waals surface area contributed by atoms with Crippen LogP contribution in [-0.2, 0) is 16.1 Å². The molecule has 3 heterocycles. The molecule has 1 amide bonds. The van der Waals surface area contributed by atoms with Gasteiger partial charge in [0.05, 0.1) is 28.2 Å². The van der Waals surface area contributed by atoms with Crippen molar-refractivity contribution in [2.45, 2.75) is 39.5 Å². The minimum Gasteiger partial charge on any atom is -0.445 e. The number of aliphatic hydroxyl groups is 1. The van der Waals surface area contributed by atoms with E-state index in [-0.39, 0.29) is 17.9 Å². The number of aromatic nitrogens is 3. The van der Waals surface area contributed by atoms with Gasteiger partial charge in [-0.25, -0.2) is 14.8 Å². The van der Waals surface area contributed by atoms with Gasteiger partial charge in [0.1, 0.15) is 18.5 Å². The summed E-state index contributed by atoms with van der Waals surface area (Å²) in [6, 6.07) is 20.0. The molecule has 45 heavy (non-hydrogen) atoms. The predicted octanol–water partition coefficient (Wildman–Crippen LogP) is 6.08. The van der Waals surface area contributed by atoms with Gasteiger partial charge in [0, 0.05) is 31.4 Å². The van der Waals surface area contributed by atoms with Crippen molar-refractivity contribution in [3.63, 3.8) is 0 Å². The Morgan fingerprint density at radius 2 is 1.82 bits per heavy atom. The number of nitrogens with one attached hydrogen (secondary N) is 2. The number of aromatic amines is 1. The molecule has 0 radical (unpaired) electrons. The molecular formula is C34H34ClN5O5. The van der Waals surface area contributed by atoms with Crippen LogP contribution in [0.25, 0.3) is 21.8 Å². The first-order valence-electron chi connectivity index (χ1n) is 14.8. The van der Waals surface area contributed by atoms with Gasteiger partial charge in [-0.15, -0.1) is 0 Å². The normalized spacial score (nSPS) is 16.1. The van der Waals surface area contributed by atoms with Crippen LogP contribution in [0.5, 0.6) is 5.75 Å². The van der Waals surface area contributed by atoms with Crippen molar-refractivity contribution in [3.8, 4) is 5.75 Å². The standard InChI is InChI=1S/C34H34ClN5O5/c1-34(2,3)31(42)45-22-15-21-11-7-8-12-23(21)24(16-22)30(41)25-17-37-29-27(25)38-32(35)39-28(29)26-18-36-13-14-40(26)33(43)44-19-20-9-5-4-6-10-20/h4-12,15-17,26,30,36-37,41H,13-14,18-19H2,1-3H3. The van der Waals surface area contributed by atoms with Gasteiger partial charge in [-0.05, 0) is 66.4 Å². The topological polar surface area (TPSA) is 130 Å². The Balaban J connectivity index is 1.36. The zero-order chi connectivity index (χ0) is 31.7. The molecule has 10 nitrogen and oxygen atoms in total. The van der Waals surface area contributed by atoms with Crippen molar-refractivity contribution in [1.82, 2.24) is 25.2 Å². The zero-order valence-electron chi connectivity index (χ0n) is 25.2. The number of benzene rings is 3. The summed E-state index contributed by atoms with van der Waals surface area (Å²) >= 11 is 6.48. The number of carbonyl (C=O) groups is 2. The summed E-state index contributed by atoms with van der Waals surface area (Å²) in [5, 5.41) is 16.7. The first kappa shape index (κ1) is 30.5. The monoisotopic (exact) mass is 627 g/mol. The molecule has 1 saturated heterocycles. The molecule has 2 unspecified atom stereocenters. The first-order chi connectivity index (χ1) is 21.6. The molecule has 3 N–H and O–H groups in total. The predicted molar refractivity (Wildman–Crippen MR) is 171 cm³/mol. The highest BCUT2D eigenvalue weighted by Crippen LogP contribution is 2.38. The summed E-state index contributed by atoms with van der Waals surface area (Å²) < 4.78 is 11.4. The molecule has 1 aliphatic rings. The SMILES string of the molecule is CC(C)(C)C(=O)Oc1cc(C(O)c2c[nH]c3c(C4CNCCN4C(=O)OCc4ccccc4)nc(Cl)nc23)c2ccccc2c1. The molecule has 232 valence electrons. The number of H-pyrrole nitrogens is 1. The van der Waals surface area contributed by atoms with Crippen molar-refractivity contribution in [3.05, 3.63) is 101 Å². The molecule has 5 aromatic rings. The fourth-order valence-corrected chi connectivity index (χ4v) is 5.64. The van der Waals surface area contributed by atoms with Crippen LogP contribution in [0.3, 0.4) is 0 Å². The van der Waals surface area contributed by atoms with E-state index in [0.717, 1.165) is 16.3 Å². The molecule has 2 aromatic heterocycles. The lowest BCUT2D eigenvalue weighted by molar-refractivity contribution is -0.143. The summed E-state index contributed by atoms with van der Waals surface area (Å²) in [6.45, 7) is 6.92. The highest BCUT2D eigenvalue weighted by molar-refractivity contribution is 6.28. The van der Waals surface area contributed by atoms with Gasteiger partial charge in [0.15, 0.2) is 0 Å². The third-order valence-corrected chi connectivity index (χ3v) is 8.00. The maximum absolute atomic E-state index is 13.3. The van der Waals surface area contributed by atoms with Gasteiger partial charge in [0.2, 0.25) is 5.28 Å². The fraction of sp³-hybridized carbons (Fsp3) is 0.294. The van der Waals surface area contributed by atoms with E-state index in [2.05, 4.69) is 20.3 Å². The molecule has 11 heteroatoms. The quantitative estimate of drug-likeness (QED) is 0.117. The molecular weight excluding hydrogens is 594 g/mol. The number of esters is 1. The summed E-state index contributed by atoms with van der Waals surface area (Å²) in [4.78, 5) is 39.9. The summed E-state index contributed by atoms with van der Waals surface area (Å²) in [5.74, 6) is -0.0591. The third-order valence-electron chi connectivity index (χ3n) is 7.83. The van der Waals surface area contributed by atoms with E-state index >= 15 is 0 Å². The van der Waals surface area contributed by atoms with Gasteiger partial charge < -0.3 is 24.9 Å². The Labute approximate surface area is 265 Å². The lowest BCUT2D eigenvalue weighted by Crippen LogP contribution is -2.49. The van der Waals surface area contributed by atoms with E-state index in [4.69, 9.17) is 21.1 Å². The number of fused-ring (bicyclic) bond motifs is 2. The van der Waals surface area contributed by atoms with Crippen molar-refractivity contribution in [2.75, 3.05) is 19.6 Å². The molecule has 3 aromatic carbocycles. The minimum absolute atomic E-state index is 0.0218. The van der Waals surface area contributed by atoms with Crippen LogP contribution in [0.1, 0.15) is 55.3 Å². The van der Waals surface area contributed by atoms with Crippen molar-refractivity contribution < 1.29 is 24.2 Å². The fourth-order valence-electron chi connectivity index (χ4n) is 5.46. The van der Waals surface area contributed by atoms with Crippen molar-refractivity contribution in [2.24, 2.45) is 5.41 Å². The maximum Gasteiger partial charge on any atom is 0.410 e. The lowest BCUT2D eigenvalue weighted by atomic mass is 9.95. The molecule has 6 rings (SSSR count). The van der Waals surface area contributed by atoms with Crippen LogP contribution < -0.4 is 10.1 Å². The van der Waals surface area contributed by atoms with E-state index in [9.17, 15) is 14.7 Å². The van der Waals surface area contributed by atoms with Crippen LogP contribution >= 0.6 is 11.6 Å². The number of ether oxygens (including phenoxy) is 2. The van der Waals surface area contributed by atoms with Gasteiger partial charge >= 0.3 is 12.1 Å². The molecule has 1 aliphatic heterocycles. The molecule has 1 fully saturated rings. The van der Waals surface area contributed by atoms with Crippen LogP contribution in [-0.4, -0.2) is 56.7 Å². The van der Waals surface area contributed by atoms with E-state index in [0.29, 0.717) is 53.2 Å². The van der Waals surface area contributed by atoms with E-state index in [1.165, 1.54) is 0 Å². The lowest BCUT2D eigenvalue weighted by Gasteiger charge is -2.35. The molecule has 0 aliphatic carbocycles. The van der Waals surface area contributed by atoms with E-state index in [1.807, 2.05) is 54.6 Å². The minimum atomic E-state index is -1.16. The molecule has 0 saturated carbocycles. The number of hydrogen-bond donors (Lipinski definition) is 3. The second-order valence-corrected chi connectivity index (χ2v) is 12.4. The largest absolute Gasteiger partial charge is 0.445 e. The number of piperazine rings is 1. The molecule has 2 atom stereocenters. The first-order valence-corrected chi connectivity index (χ1v) is 15.1. The van der Waals surface area contributed by atoms with Crippen LogP contribution in [0, 0.1) is 5.41 Å². The van der Waals surface area contributed by atoms with Crippen LogP contribution in [0.15, 0.2) is 72.9 Å². The Bertz CT molecular complexity index is 1870. The van der Waals surface area contributed by atoms with Gasteiger partial charge in [-0.2, -0.15) is 0 Å². The number of aliphatic hydroxyl groups excluding tert-OH is 1. The van der Waals surface area contributed by atoms with Crippen molar-refractivity contribution in [1.29, 1.82) is 0 Å². The second-order valence-electron chi connectivity index (χ2n) is 12.1. The van der Waals surface area contributed by atoms with Gasteiger partial charge in [0.25, 0.3) is 0 Å². The van der Waals surface area contributed by atoms with Crippen LogP contribution in [0.2, 0.25) is 5.28 Å². The number of carbonyl (C=O) groups excluding carboxylic acids is 2. The van der Waals surface area contributed by atoms with E-state index in [1.54, 1.807) is 44.0 Å². The highest BCUT2D eigenvalue weighted by Gasteiger charge is 2.33. The van der Waals surface area contributed by atoms with E-state index < -0.39 is 23.7 Å². The zero-order valence-corrected chi connectivity index (χ0v) is 26.0. The number of amides is 1. The smallest absolute Gasteiger partial charge is 0.410 e. The number of halogens is 1. The second kappa shape index (κ2) is 12.5.